The zero-order chi connectivity index (χ0) is 15.5. The lowest BCUT2D eigenvalue weighted by Gasteiger charge is -2.27. The summed E-state index contributed by atoms with van der Waals surface area (Å²) in [6.45, 7) is 2.45. The first-order chi connectivity index (χ1) is 9.96. The first-order valence-corrected chi connectivity index (χ1v) is 9.55. The maximum absolute atomic E-state index is 12.8. The predicted octanol–water partition coefficient (Wildman–Crippen LogP) is 3.93. The first kappa shape index (κ1) is 16.8. The van der Waals surface area contributed by atoms with Gasteiger partial charge in [-0.05, 0) is 42.9 Å². The number of sulfonamides is 1. The van der Waals surface area contributed by atoms with E-state index in [0.717, 1.165) is 24.0 Å². The zero-order valence-corrected chi connectivity index (χ0v) is 14.4. The predicted molar refractivity (Wildman–Crippen MR) is 87.1 cm³/mol. The monoisotopic (exact) mass is 329 g/mol. The third kappa shape index (κ3) is 3.79. The Morgan fingerprint density at radius 1 is 1.24 bits per heavy atom. The lowest BCUT2D eigenvalue weighted by atomic mass is 9.89. The van der Waals surface area contributed by atoms with E-state index < -0.39 is 10.0 Å². The molecule has 0 aromatic heterocycles. The molecule has 1 saturated carbocycles. The SMILES string of the molecule is Cc1c(CCl)cccc1S(=O)(=O)N(C)CC1CCCCC1. The van der Waals surface area contributed by atoms with E-state index in [1.165, 1.54) is 23.6 Å². The molecule has 3 nitrogen and oxygen atoms in total. The Bertz CT molecular complexity index is 580. The van der Waals surface area contributed by atoms with E-state index in [4.69, 9.17) is 11.6 Å². The fraction of sp³-hybridized carbons (Fsp3) is 0.625. The molecule has 0 heterocycles. The molecule has 2 rings (SSSR count). The van der Waals surface area contributed by atoms with Crippen molar-refractivity contribution in [3.8, 4) is 0 Å². The minimum atomic E-state index is -3.43. The maximum atomic E-state index is 12.8. The molecular formula is C16H24ClNO2S. The van der Waals surface area contributed by atoms with Crippen LogP contribution in [0.5, 0.6) is 0 Å². The van der Waals surface area contributed by atoms with Crippen LogP contribution in [0.1, 0.15) is 43.2 Å². The maximum Gasteiger partial charge on any atom is 0.243 e. The van der Waals surface area contributed by atoms with Gasteiger partial charge in [0.05, 0.1) is 4.90 Å². The summed E-state index contributed by atoms with van der Waals surface area (Å²) in [5.74, 6) is 0.830. The molecule has 0 atom stereocenters. The molecule has 0 N–H and O–H groups in total. The molecule has 5 heteroatoms. The molecule has 0 unspecified atom stereocenters. The Hall–Kier alpha value is -0.580. The number of rotatable bonds is 5. The Morgan fingerprint density at radius 2 is 1.90 bits per heavy atom. The van der Waals surface area contributed by atoms with Gasteiger partial charge in [0.15, 0.2) is 0 Å². The molecular weight excluding hydrogens is 306 g/mol. The van der Waals surface area contributed by atoms with E-state index in [1.54, 1.807) is 19.2 Å². The normalized spacial score (nSPS) is 17.3. The van der Waals surface area contributed by atoms with Crippen molar-refractivity contribution in [3.05, 3.63) is 29.3 Å². The number of hydrogen-bond donors (Lipinski definition) is 0. The van der Waals surface area contributed by atoms with Crippen molar-refractivity contribution in [3.63, 3.8) is 0 Å². The summed E-state index contributed by atoms with van der Waals surface area (Å²) in [6.07, 6.45) is 6.00. The topological polar surface area (TPSA) is 37.4 Å². The molecule has 0 saturated heterocycles. The summed E-state index contributed by atoms with van der Waals surface area (Å²) >= 11 is 5.88. The van der Waals surface area contributed by atoms with Crippen molar-refractivity contribution in [1.82, 2.24) is 4.31 Å². The highest BCUT2D eigenvalue weighted by atomic mass is 35.5. The van der Waals surface area contributed by atoms with Crippen LogP contribution in [0.4, 0.5) is 0 Å². The van der Waals surface area contributed by atoms with E-state index in [1.807, 2.05) is 13.0 Å². The van der Waals surface area contributed by atoms with Crippen LogP contribution in [-0.4, -0.2) is 26.3 Å². The number of hydrogen-bond acceptors (Lipinski definition) is 2. The van der Waals surface area contributed by atoms with Gasteiger partial charge in [0, 0.05) is 19.5 Å². The summed E-state index contributed by atoms with van der Waals surface area (Å²) < 4.78 is 27.1. The van der Waals surface area contributed by atoms with Gasteiger partial charge >= 0.3 is 0 Å². The quantitative estimate of drug-likeness (QED) is 0.767. The molecule has 1 aromatic carbocycles. The van der Waals surface area contributed by atoms with Gasteiger partial charge < -0.3 is 0 Å². The summed E-state index contributed by atoms with van der Waals surface area (Å²) in [5.41, 5.74) is 1.65. The van der Waals surface area contributed by atoms with Crippen molar-refractivity contribution < 1.29 is 8.42 Å². The Labute approximate surface area is 133 Å². The fourth-order valence-corrected chi connectivity index (χ4v) is 4.88. The molecule has 0 radical (unpaired) electrons. The highest BCUT2D eigenvalue weighted by Crippen LogP contribution is 2.27. The minimum Gasteiger partial charge on any atom is -0.207 e. The van der Waals surface area contributed by atoms with Crippen molar-refractivity contribution in [2.45, 2.75) is 49.8 Å². The molecule has 1 aromatic rings. The van der Waals surface area contributed by atoms with Gasteiger partial charge in [-0.25, -0.2) is 12.7 Å². The second-order valence-electron chi connectivity index (χ2n) is 5.96. The van der Waals surface area contributed by atoms with Crippen LogP contribution in [0.2, 0.25) is 0 Å². The molecule has 1 aliphatic carbocycles. The first-order valence-electron chi connectivity index (χ1n) is 7.57. The number of halogens is 1. The summed E-state index contributed by atoms with van der Waals surface area (Å²) in [6, 6.07) is 5.33. The van der Waals surface area contributed by atoms with E-state index in [9.17, 15) is 8.42 Å². The molecule has 0 amide bonds. The summed E-state index contributed by atoms with van der Waals surface area (Å²) in [4.78, 5) is 0.388. The van der Waals surface area contributed by atoms with E-state index in [2.05, 4.69) is 0 Å². The van der Waals surface area contributed by atoms with Crippen LogP contribution in [0.3, 0.4) is 0 Å². The molecule has 0 aliphatic heterocycles. The van der Waals surface area contributed by atoms with Gasteiger partial charge in [-0.15, -0.1) is 11.6 Å². The Balaban J connectivity index is 2.20. The highest BCUT2D eigenvalue weighted by Gasteiger charge is 2.26. The molecule has 21 heavy (non-hydrogen) atoms. The molecule has 118 valence electrons. The van der Waals surface area contributed by atoms with Gasteiger partial charge in [0.25, 0.3) is 0 Å². The second kappa shape index (κ2) is 7.12. The third-order valence-corrected chi connectivity index (χ3v) is 6.72. The van der Waals surface area contributed by atoms with Crippen LogP contribution >= 0.6 is 11.6 Å². The smallest absolute Gasteiger partial charge is 0.207 e. The van der Waals surface area contributed by atoms with Crippen molar-refractivity contribution in [2.24, 2.45) is 5.92 Å². The van der Waals surface area contributed by atoms with Crippen LogP contribution < -0.4 is 0 Å². The third-order valence-electron chi connectivity index (χ3n) is 4.47. The van der Waals surface area contributed by atoms with Gasteiger partial charge in [0.2, 0.25) is 10.0 Å². The van der Waals surface area contributed by atoms with Crippen LogP contribution in [0.25, 0.3) is 0 Å². The number of nitrogens with zero attached hydrogens (tertiary/aromatic N) is 1. The van der Waals surface area contributed by atoms with Crippen molar-refractivity contribution >= 4 is 21.6 Å². The van der Waals surface area contributed by atoms with Crippen LogP contribution in [-0.2, 0) is 15.9 Å². The molecule has 0 spiro atoms. The van der Waals surface area contributed by atoms with Gasteiger partial charge in [-0.2, -0.15) is 0 Å². The minimum absolute atomic E-state index is 0.335. The van der Waals surface area contributed by atoms with E-state index in [-0.39, 0.29) is 0 Å². The van der Waals surface area contributed by atoms with Crippen molar-refractivity contribution in [2.75, 3.05) is 13.6 Å². The van der Waals surface area contributed by atoms with E-state index in [0.29, 0.717) is 23.2 Å². The Morgan fingerprint density at radius 3 is 2.52 bits per heavy atom. The van der Waals surface area contributed by atoms with Gasteiger partial charge in [0.1, 0.15) is 0 Å². The lowest BCUT2D eigenvalue weighted by Crippen LogP contribution is -2.33. The molecule has 1 fully saturated rings. The molecule has 0 bridgehead atoms. The average molecular weight is 330 g/mol. The van der Waals surface area contributed by atoms with Crippen LogP contribution in [0, 0.1) is 12.8 Å². The van der Waals surface area contributed by atoms with Gasteiger partial charge in [-0.1, -0.05) is 31.4 Å². The standard InChI is InChI=1S/C16H24ClNO2S/c1-13-15(11-17)9-6-10-16(13)21(19,20)18(2)12-14-7-4-3-5-8-14/h6,9-10,14H,3-5,7-8,11-12H2,1-2H3. The lowest BCUT2D eigenvalue weighted by molar-refractivity contribution is 0.300. The van der Waals surface area contributed by atoms with Crippen molar-refractivity contribution in [1.29, 1.82) is 0 Å². The number of benzene rings is 1. The van der Waals surface area contributed by atoms with E-state index >= 15 is 0 Å². The summed E-state index contributed by atoms with van der Waals surface area (Å²) in [5, 5.41) is 0. The zero-order valence-electron chi connectivity index (χ0n) is 12.8. The summed E-state index contributed by atoms with van der Waals surface area (Å²) in [7, 11) is -1.74. The van der Waals surface area contributed by atoms with Crippen LogP contribution in [0.15, 0.2) is 23.1 Å². The number of alkyl halides is 1. The molecule has 1 aliphatic rings. The van der Waals surface area contributed by atoms with Gasteiger partial charge in [-0.3, -0.25) is 0 Å². The fourth-order valence-electron chi connectivity index (χ4n) is 3.08. The Kier molecular flexibility index (Phi) is 5.69. The largest absolute Gasteiger partial charge is 0.243 e. The second-order valence-corrected chi connectivity index (χ2v) is 8.24. The average Bonchev–Trinajstić information content (AvgIpc) is 2.48. The highest BCUT2D eigenvalue weighted by molar-refractivity contribution is 7.89.